The molecule has 1 aromatic rings. The van der Waals surface area contributed by atoms with Crippen LogP contribution in [0.25, 0.3) is 0 Å². The van der Waals surface area contributed by atoms with E-state index in [9.17, 15) is 0 Å². The Morgan fingerprint density at radius 2 is 1.87 bits per heavy atom. The number of benzene rings is 1. The predicted molar refractivity (Wildman–Crippen MR) is 108 cm³/mol. The number of hydrogen-bond donors (Lipinski definition) is 2. The first-order chi connectivity index (χ1) is 10.3. The zero-order chi connectivity index (χ0) is 16.6. The van der Waals surface area contributed by atoms with E-state index in [0.717, 1.165) is 17.9 Å². The molecule has 0 fully saturated rings. The second-order valence-corrected chi connectivity index (χ2v) is 6.88. The molecule has 0 saturated carbocycles. The maximum Gasteiger partial charge on any atom is 0.191 e. The summed E-state index contributed by atoms with van der Waals surface area (Å²) < 4.78 is 0. The molecule has 2 N–H and O–H groups in total. The zero-order valence-electron chi connectivity index (χ0n) is 14.8. The van der Waals surface area contributed by atoms with Gasteiger partial charge in [0, 0.05) is 19.6 Å². The molecule has 0 aliphatic carbocycles. The lowest BCUT2D eigenvalue weighted by molar-refractivity contribution is 0.346. The number of nitriles is 1. The van der Waals surface area contributed by atoms with E-state index in [1.807, 2.05) is 24.3 Å². The molecule has 0 aliphatic rings. The van der Waals surface area contributed by atoms with Gasteiger partial charge in [-0.25, -0.2) is 0 Å². The second kappa shape index (κ2) is 10.5. The monoisotopic (exact) mass is 428 g/mol. The highest BCUT2D eigenvalue weighted by Gasteiger charge is 2.13. The third-order valence-corrected chi connectivity index (χ3v) is 3.48. The Morgan fingerprint density at radius 1 is 1.26 bits per heavy atom. The van der Waals surface area contributed by atoms with Crippen LogP contribution in [0.1, 0.15) is 51.7 Å². The Bertz CT molecular complexity index is 523. The molecule has 0 radical (unpaired) electrons. The number of hydrogen-bond acceptors (Lipinski definition) is 2. The Balaban J connectivity index is 0.00000484. The Labute approximate surface area is 157 Å². The third kappa shape index (κ3) is 9.44. The SMILES string of the molecule is CN=C(NCc1ccc(C#N)cc1)NC(C)CCC(C)(C)C.I. The number of nitrogens with one attached hydrogen (secondary N) is 2. The van der Waals surface area contributed by atoms with Crippen molar-refractivity contribution in [3.63, 3.8) is 0 Å². The van der Waals surface area contributed by atoms with Gasteiger partial charge in [-0.2, -0.15) is 5.26 Å². The fraction of sp³-hybridized carbons (Fsp3) is 0.556. The summed E-state index contributed by atoms with van der Waals surface area (Å²) in [6.45, 7) is 9.66. The van der Waals surface area contributed by atoms with Crippen LogP contribution < -0.4 is 10.6 Å². The highest BCUT2D eigenvalue weighted by atomic mass is 127. The molecule has 0 amide bonds. The fourth-order valence-corrected chi connectivity index (χ4v) is 2.03. The third-order valence-electron chi connectivity index (χ3n) is 3.48. The van der Waals surface area contributed by atoms with E-state index in [-0.39, 0.29) is 24.0 Å². The van der Waals surface area contributed by atoms with E-state index >= 15 is 0 Å². The van der Waals surface area contributed by atoms with E-state index in [2.05, 4.69) is 49.4 Å². The van der Waals surface area contributed by atoms with Crippen molar-refractivity contribution in [3.05, 3.63) is 35.4 Å². The molecule has 0 aromatic heterocycles. The standard InChI is InChI=1S/C18H28N4.HI/c1-14(10-11-18(2,3)4)22-17(20-5)21-13-16-8-6-15(12-19)7-9-16;/h6-9,14H,10-11,13H2,1-5H3,(H2,20,21,22);1H. The topological polar surface area (TPSA) is 60.2 Å². The molecule has 128 valence electrons. The normalized spacial score (nSPS) is 12.8. The smallest absolute Gasteiger partial charge is 0.191 e. The van der Waals surface area contributed by atoms with Crippen molar-refractivity contribution in [2.75, 3.05) is 7.05 Å². The molecule has 1 aromatic carbocycles. The minimum absolute atomic E-state index is 0. The van der Waals surface area contributed by atoms with Gasteiger partial charge in [0.15, 0.2) is 5.96 Å². The minimum atomic E-state index is 0. The summed E-state index contributed by atoms with van der Waals surface area (Å²) in [6, 6.07) is 10.1. The molecule has 0 spiro atoms. The number of halogens is 1. The van der Waals surface area contributed by atoms with Gasteiger partial charge in [-0.05, 0) is 42.9 Å². The molecule has 23 heavy (non-hydrogen) atoms. The molecule has 1 unspecified atom stereocenters. The Kier molecular flexibility index (Phi) is 9.89. The van der Waals surface area contributed by atoms with Crippen molar-refractivity contribution in [2.45, 2.75) is 53.1 Å². The van der Waals surface area contributed by atoms with E-state index in [1.54, 1.807) is 7.05 Å². The lowest BCUT2D eigenvalue weighted by atomic mass is 9.89. The molecule has 0 heterocycles. The molecule has 0 bridgehead atoms. The van der Waals surface area contributed by atoms with Gasteiger partial charge in [-0.3, -0.25) is 4.99 Å². The highest BCUT2D eigenvalue weighted by molar-refractivity contribution is 14.0. The van der Waals surface area contributed by atoms with Gasteiger partial charge in [-0.1, -0.05) is 32.9 Å². The molecule has 5 heteroatoms. The molecule has 4 nitrogen and oxygen atoms in total. The van der Waals surface area contributed by atoms with E-state index in [1.165, 1.54) is 6.42 Å². The lowest BCUT2D eigenvalue weighted by Crippen LogP contribution is -2.42. The molecule has 0 aliphatic heterocycles. The van der Waals surface area contributed by atoms with Crippen molar-refractivity contribution < 1.29 is 0 Å². The quantitative estimate of drug-likeness (QED) is 0.423. The van der Waals surface area contributed by atoms with Gasteiger partial charge in [0.25, 0.3) is 0 Å². The summed E-state index contributed by atoms with van der Waals surface area (Å²) in [7, 11) is 1.78. The number of nitrogens with zero attached hydrogens (tertiary/aromatic N) is 2. The maximum atomic E-state index is 8.80. The van der Waals surface area contributed by atoms with Gasteiger partial charge in [-0.15, -0.1) is 24.0 Å². The van der Waals surface area contributed by atoms with Crippen LogP contribution in [-0.4, -0.2) is 19.0 Å². The fourth-order valence-electron chi connectivity index (χ4n) is 2.03. The van der Waals surface area contributed by atoms with Crippen molar-refractivity contribution in [2.24, 2.45) is 10.4 Å². The van der Waals surface area contributed by atoms with E-state index in [4.69, 9.17) is 5.26 Å². The van der Waals surface area contributed by atoms with Crippen LogP contribution in [0.3, 0.4) is 0 Å². The van der Waals surface area contributed by atoms with Gasteiger partial charge < -0.3 is 10.6 Å². The lowest BCUT2D eigenvalue weighted by Gasteiger charge is -2.23. The van der Waals surface area contributed by atoms with E-state index in [0.29, 0.717) is 23.6 Å². The number of rotatable bonds is 5. The average Bonchev–Trinajstić information content (AvgIpc) is 2.49. The molecule has 1 rings (SSSR count). The second-order valence-electron chi connectivity index (χ2n) is 6.88. The van der Waals surface area contributed by atoms with Gasteiger partial charge in [0.05, 0.1) is 11.6 Å². The first-order valence-electron chi connectivity index (χ1n) is 7.80. The van der Waals surface area contributed by atoms with Crippen LogP contribution in [0.5, 0.6) is 0 Å². The predicted octanol–water partition coefficient (Wildman–Crippen LogP) is 4.06. The number of aliphatic imine (C=N–C) groups is 1. The van der Waals surface area contributed by atoms with Crippen LogP contribution in [0.2, 0.25) is 0 Å². The van der Waals surface area contributed by atoms with Crippen LogP contribution in [-0.2, 0) is 6.54 Å². The first-order valence-corrected chi connectivity index (χ1v) is 7.80. The van der Waals surface area contributed by atoms with Gasteiger partial charge in [0.2, 0.25) is 0 Å². The van der Waals surface area contributed by atoms with Crippen molar-refractivity contribution in [1.29, 1.82) is 5.26 Å². The molecule has 1 atom stereocenters. The summed E-state index contributed by atoms with van der Waals surface area (Å²) in [5.74, 6) is 0.811. The van der Waals surface area contributed by atoms with Crippen LogP contribution >= 0.6 is 24.0 Å². The van der Waals surface area contributed by atoms with Crippen LogP contribution in [0.4, 0.5) is 0 Å². The molecular formula is C18H29IN4. The average molecular weight is 428 g/mol. The van der Waals surface area contributed by atoms with Gasteiger partial charge >= 0.3 is 0 Å². The molecular weight excluding hydrogens is 399 g/mol. The number of guanidine groups is 1. The first kappa shape index (κ1) is 21.7. The van der Waals surface area contributed by atoms with Crippen LogP contribution in [0, 0.1) is 16.7 Å². The largest absolute Gasteiger partial charge is 0.354 e. The van der Waals surface area contributed by atoms with Gasteiger partial charge in [0.1, 0.15) is 0 Å². The minimum Gasteiger partial charge on any atom is -0.354 e. The van der Waals surface area contributed by atoms with Crippen molar-refractivity contribution in [3.8, 4) is 6.07 Å². The summed E-state index contributed by atoms with van der Waals surface area (Å²) in [5.41, 5.74) is 2.17. The van der Waals surface area contributed by atoms with E-state index < -0.39 is 0 Å². The maximum absolute atomic E-state index is 8.80. The summed E-state index contributed by atoms with van der Waals surface area (Å²) in [5, 5.41) is 15.5. The Hall–Kier alpha value is -1.29. The summed E-state index contributed by atoms with van der Waals surface area (Å²) >= 11 is 0. The Morgan fingerprint density at radius 3 is 2.35 bits per heavy atom. The summed E-state index contributed by atoms with van der Waals surface area (Å²) in [6.07, 6.45) is 2.29. The zero-order valence-corrected chi connectivity index (χ0v) is 17.1. The summed E-state index contributed by atoms with van der Waals surface area (Å²) in [4.78, 5) is 4.26. The highest BCUT2D eigenvalue weighted by Crippen LogP contribution is 2.21. The van der Waals surface area contributed by atoms with Crippen molar-refractivity contribution >= 4 is 29.9 Å². The van der Waals surface area contributed by atoms with Crippen molar-refractivity contribution in [1.82, 2.24) is 10.6 Å². The molecule has 0 saturated heterocycles. The van der Waals surface area contributed by atoms with Crippen LogP contribution in [0.15, 0.2) is 29.3 Å².